The van der Waals surface area contributed by atoms with Gasteiger partial charge in [-0.1, -0.05) is 219 Å². The number of Topliss-reactive ketones (excluding diaryl/α,β-unsaturated/α-hetero) is 1. The van der Waals surface area contributed by atoms with Gasteiger partial charge in [0.1, 0.15) is 36.3 Å². The second-order valence-corrected chi connectivity index (χ2v) is 37.9. The molecule has 1 heterocycles. The maximum Gasteiger partial charge on any atom is 0.311 e. The highest BCUT2D eigenvalue weighted by molar-refractivity contribution is 6.74. The van der Waals surface area contributed by atoms with E-state index in [0.717, 1.165) is 52.0 Å². The maximum absolute atomic E-state index is 16.4. The van der Waals surface area contributed by atoms with E-state index in [1.165, 1.54) is 0 Å². The predicted molar refractivity (Wildman–Crippen MR) is 362 cm³/mol. The Kier molecular flexibility index (Phi) is 25.2. The van der Waals surface area contributed by atoms with Gasteiger partial charge in [-0.15, -0.1) is 0 Å². The number of esters is 1. The van der Waals surface area contributed by atoms with Crippen LogP contribution in [0, 0.1) is 17.3 Å². The number of methoxy groups -OCH3 is 1. The van der Waals surface area contributed by atoms with Crippen LogP contribution in [0.5, 0.6) is 5.75 Å². The minimum Gasteiger partial charge on any atom is -0.497 e. The minimum absolute atomic E-state index is 0.0337. The summed E-state index contributed by atoms with van der Waals surface area (Å²) in [6.45, 7) is 33.1. The van der Waals surface area contributed by atoms with Gasteiger partial charge in [-0.25, -0.2) is 0 Å². The quantitative estimate of drug-likeness (QED) is 0.0179. The molecule has 9 atom stereocenters. The van der Waals surface area contributed by atoms with Crippen molar-refractivity contribution in [1.82, 2.24) is 0 Å². The summed E-state index contributed by atoms with van der Waals surface area (Å²) in [6, 6.07) is 59.5. The standard InChI is InChI=1S/C76H104O11Si2/c1-55(65(80-51-59-45-47-63(79-12)48-46-59)44-32-33-49-84-76(60-38-26-19-27-39-60,61-40-28-20-29-41-61)62-42-30-21-31-43-62)66(86-88(13,14)74(6,7)8)50-64(77)70(87-89(15,16)75(9,10)11)69-56(2)68(81-52-57-34-22-17-23-35-57)71(82-53-58-36-24-18-25-37-58)67(85-69)54-83-72(78)73(3,4)5/h17-31,34-43,45-48,55-56,65-71H,32-33,44,49-54H2,1-16H3/t55-,56+,65+,66-,67+,68+,69+,70+,71+/m0/s1. The summed E-state index contributed by atoms with van der Waals surface area (Å²) in [7, 11) is -3.71. The molecule has 0 unspecified atom stereocenters. The summed E-state index contributed by atoms with van der Waals surface area (Å²) in [6.07, 6.45) is -2.75. The molecule has 0 saturated carbocycles. The van der Waals surface area contributed by atoms with Crippen LogP contribution in [0.15, 0.2) is 176 Å². The van der Waals surface area contributed by atoms with Gasteiger partial charge in [-0.2, -0.15) is 0 Å². The molecule has 1 fully saturated rings. The van der Waals surface area contributed by atoms with E-state index in [1.54, 1.807) is 7.11 Å². The first kappa shape index (κ1) is 70.9. The molecule has 0 bridgehead atoms. The Morgan fingerprint density at radius 2 is 1.00 bits per heavy atom. The molecule has 0 N–H and O–H groups in total. The van der Waals surface area contributed by atoms with Crippen molar-refractivity contribution in [2.45, 2.75) is 206 Å². The van der Waals surface area contributed by atoms with Crippen molar-refractivity contribution in [3.63, 3.8) is 0 Å². The van der Waals surface area contributed by atoms with Crippen molar-refractivity contribution in [3.05, 3.63) is 209 Å². The fraction of sp³-hybridized carbons (Fsp3) is 0.500. The number of hydrogen-bond acceptors (Lipinski definition) is 11. The van der Waals surface area contributed by atoms with Crippen LogP contribution in [0.2, 0.25) is 36.3 Å². The van der Waals surface area contributed by atoms with Gasteiger partial charge in [0, 0.05) is 24.9 Å². The van der Waals surface area contributed by atoms with Crippen molar-refractivity contribution >= 4 is 28.4 Å². The van der Waals surface area contributed by atoms with Gasteiger partial charge < -0.3 is 42.0 Å². The van der Waals surface area contributed by atoms with Crippen LogP contribution in [-0.2, 0) is 72.3 Å². The van der Waals surface area contributed by atoms with Crippen LogP contribution >= 0.6 is 0 Å². The lowest BCUT2D eigenvalue weighted by Crippen LogP contribution is -2.63. The van der Waals surface area contributed by atoms with Gasteiger partial charge in [-0.3, -0.25) is 9.59 Å². The van der Waals surface area contributed by atoms with Crippen LogP contribution in [0.1, 0.15) is 135 Å². The molecular formula is C76H104O11Si2. The summed E-state index contributed by atoms with van der Waals surface area (Å²) in [5.74, 6) is -0.452. The molecule has 1 aliphatic rings. The molecular weight excluding hydrogens is 1140 g/mol. The summed E-state index contributed by atoms with van der Waals surface area (Å²) in [5.41, 5.74) is 4.49. The van der Waals surface area contributed by atoms with Crippen molar-refractivity contribution in [1.29, 1.82) is 0 Å². The third-order valence-electron chi connectivity index (χ3n) is 18.7. The molecule has 11 nitrogen and oxygen atoms in total. The SMILES string of the molecule is COc1ccc(CO[C@H](CCCCOC(c2ccccc2)(c2ccccc2)c2ccccc2)[C@H](C)[C@H](CC(=O)[C@@H](O[Si](C)(C)C(C)(C)C)[C@@H]2O[C@H](COC(=O)C(C)(C)C)[C@@H](OCc3ccccc3)[C@H](OCc3ccccc3)[C@H]2C)O[Si](C)(C)C(C)(C)C)cc1. The van der Waals surface area contributed by atoms with Crippen LogP contribution < -0.4 is 4.74 Å². The normalized spacial score (nSPS) is 19.2. The predicted octanol–water partition coefficient (Wildman–Crippen LogP) is 17.3. The van der Waals surface area contributed by atoms with Gasteiger partial charge in [0.2, 0.25) is 0 Å². The van der Waals surface area contributed by atoms with Crippen molar-refractivity contribution in [2.24, 2.45) is 17.3 Å². The first-order valence-electron chi connectivity index (χ1n) is 32.2. The maximum atomic E-state index is 16.4. The number of carbonyl (C=O) groups is 2. The molecule has 13 heteroatoms. The highest BCUT2D eigenvalue weighted by atomic mass is 28.4. The van der Waals surface area contributed by atoms with Crippen molar-refractivity contribution in [3.8, 4) is 5.75 Å². The summed E-state index contributed by atoms with van der Waals surface area (Å²) >= 11 is 0. The zero-order chi connectivity index (χ0) is 64.6. The van der Waals surface area contributed by atoms with E-state index in [9.17, 15) is 4.79 Å². The first-order chi connectivity index (χ1) is 42.1. The van der Waals surface area contributed by atoms with E-state index in [-0.39, 0.29) is 60.1 Å². The lowest BCUT2D eigenvalue weighted by atomic mass is 9.80. The van der Waals surface area contributed by atoms with Gasteiger partial charge in [-0.05, 0) is 122 Å². The summed E-state index contributed by atoms with van der Waals surface area (Å²) in [5, 5.41) is -0.478. The van der Waals surface area contributed by atoms with Crippen LogP contribution in [0.25, 0.3) is 0 Å². The van der Waals surface area contributed by atoms with Gasteiger partial charge >= 0.3 is 5.97 Å². The number of ether oxygens (including phenoxy) is 7. The Hall–Kier alpha value is -5.59. The third kappa shape index (κ3) is 19.0. The Bertz CT molecular complexity index is 2950. The molecule has 6 aromatic rings. The smallest absolute Gasteiger partial charge is 0.311 e. The van der Waals surface area contributed by atoms with E-state index in [4.69, 9.17) is 42.0 Å². The van der Waals surface area contributed by atoms with Gasteiger partial charge in [0.15, 0.2) is 22.4 Å². The van der Waals surface area contributed by atoms with Crippen molar-refractivity contribution < 1.29 is 51.6 Å². The molecule has 0 aromatic heterocycles. The molecule has 89 heavy (non-hydrogen) atoms. The molecule has 0 amide bonds. The minimum atomic E-state index is -2.77. The monoisotopic (exact) mass is 1250 g/mol. The topological polar surface area (TPSA) is 117 Å². The van der Waals surface area contributed by atoms with Crippen molar-refractivity contribution in [2.75, 3.05) is 20.3 Å². The van der Waals surface area contributed by atoms with E-state index in [1.807, 2.05) is 124 Å². The van der Waals surface area contributed by atoms with E-state index in [0.29, 0.717) is 19.6 Å². The molecule has 482 valence electrons. The number of unbranched alkanes of at least 4 members (excludes halogenated alkanes) is 1. The van der Waals surface area contributed by atoms with Crippen LogP contribution in [0.4, 0.5) is 0 Å². The largest absolute Gasteiger partial charge is 0.497 e. The third-order valence-corrected chi connectivity index (χ3v) is 27.6. The Morgan fingerprint density at radius 3 is 1.46 bits per heavy atom. The number of benzene rings is 6. The van der Waals surface area contributed by atoms with Gasteiger partial charge in [0.25, 0.3) is 0 Å². The molecule has 1 saturated heterocycles. The lowest BCUT2D eigenvalue weighted by molar-refractivity contribution is -0.253. The fourth-order valence-electron chi connectivity index (χ4n) is 11.1. The molecule has 0 aliphatic carbocycles. The molecule has 0 spiro atoms. The summed E-state index contributed by atoms with van der Waals surface area (Å²) < 4.78 is 62.6. The Morgan fingerprint density at radius 1 is 0.551 bits per heavy atom. The number of hydrogen-bond donors (Lipinski definition) is 0. The Balaban J connectivity index is 1.26. The van der Waals surface area contributed by atoms with E-state index < -0.39 is 70.2 Å². The second kappa shape index (κ2) is 31.6. The van der Waals surface area contributed by atoms with Crippen LogP contribution in [0.3, 0.4) is 0 Å². The first-order valence-corrected chi connectivity index (χ1v) is 38.0. The number of rotatable bonds is 31. The zero-order valence-corrected chi connectivity index (χ0v) is 58.3. The average molecular weight is 1250 g/mol. The van der Waals surface area contributed by atoms with E-state index in [2.05, 4.69) is 154 Å². The molecule has 0 radical (unpaired) electrons. The fourth-order valence-corrected chi connectivity index (χ4v) is 13.7. The summed E-state index contributed by atoms with van der Waals surface area (Å²) in [4.78, 5) is 30.1. The highest BCUT2D eigenvalue weighted by Gasteiger charge is 2.54. The molecule has 7 rings (SSSR count). The lowest BCUT2D eigenvalue weighted by Gasteiger charge is -2.49. The second-order valence-electron chi connectivity index (χ2n) is 28.4. The highest BCUT2D eigenvalue weighted by Crippen LogP contribution is 2.45. The molecule has 6 aromatic carbocycles. The van der Waals surface area contributed by atoms with Crippen LogP contribution in [-0.4, -0.2) is 91.4 Å². The zero-order valence-electron chi connectivity index (χ0n) is 56.3. The average Bonchev–Trinajstić information content (AvgIpc) is 2.46. The Labute approximate surface area is 536 Å². The number of carbonyl (C=O) groups excluding carboxylic acids is 2. The van der Waals surface area contributed by atoms with E-state index >= 15 is 4.79 Å². The number of ketones is 1. The molecule has 1 aliphatic heterocycles. The van der Waals surface area contributed by atoms with Gasteiger partial charge in [0.05, 0.1) is 56.8 Å².